The van der Waals surface area contributed by atoms with Gasteiger partial charge in [-0.25, -0.2) is 4.98 Å². The number of fused-ring (bicyclic) bond motifs is 1. The number of hydrogen-bond donors (Lipinski definition) is 1. The van der Waals surface area contributed by atoms with Crippen LogP contribution in [0.5, 0.6) is 5.75 Å². The van der Waals surface area contributed by atoms with Crippen LogP contribution in [0.2, 0.25) is 0 Å². The Morgan fingerprint density at radius 3 is 2.92 bits per heavy atom. The first-order valence-electron chi connectivity index (χ1n) is 8.09. The summed E-state index contributed by atoms with van der Waals surface area (Å²) >= 11 is 0. The molecule has 0 fully saturated rings. The van der Waals surface area contributed by atoms with Crippen molar-refractivity contribution < 1.29 is 4.74 Å². The summed E-state index contributed by atoms with van der Waals surface area (Å²) in [5, 5.41) is 11.8. The van der Waals surface area contributed by atoms with Crippen LogP contribution in [0.3, 0.4) is 0 Å². The molecule has 1 N–H and O–H groups in total. The summed E-state index contributed by atoms with van der Waals surface area (Å²) in [4.78, 5) is 4.28. The highest BCUT2D eigenvalue weighted by atomic mass is 16.5. The maximum absolute atomic E-state index is 6.03. The zero-order chi connectivity index (χ0) is 16.4. The molecule has 1 atom stereocenters. The van der Waals surface area contributed by atoms with E-state index in [4.69, 9.17) is 4.74 Å². The van der Waals surface area contributed by atoms with Gasteiger partial charge >= 0.3 is 0 Å². The topological polar surface area (TPSA) is 64.9 Å². The number of anilines is 1. The fourth-order valence-electron chi connectivity index (χ4n) is 2.90. The molecular weight excluding hydrogens is 302 g/mol. The molecule has 2 aromatic heterocycles. The van der Waals surface area contributed by atoms with Gasteiger partial charge in [-0.15, -0.1) is 10.2 Å². The Balaban J connectivity index is 1.38. The van der Waals surface area contributed by atoms with E-state index in [1.54, 1.807) is 6.20 Å². The normalized spacial score (nSPS) is 16.3. The van der Waals surface area contributed by atoms with Gasteiger partial charge in [0, 0.05) is 19.4 Å². The fraction of sp³-hybridized carbons (Fsp3) is 0.278. The highest BCUT2D eigenvalue weighted by Gasteiger charge is 2.19. The van der Waals surface area contributed by atoms with Crippen molar-refractivity contribution in [1.29, 1.82) is 0 Å². The van der Waals surface area contributed by atoms with Crippen LogP contribution in [0.1, 0.15) is 12.0 Å². The predicted octanol–water partition coefficient (Wildman–Crippen LogP) is 2.68. The number of para-hydroxylation sites is 1. The number of benzene rings is 1. The highest BCUT2D eigenvalue weighted by Crippen LogP contribution is 2.27. The van der Waals surface area contributed by atoms with Crippen LogP contribution >= 0.6 is 0 Å². The molecule has 0 bridgehead atoms. The van der Waals surface area contributed by atoms with Crippen LogP contribution in [0.25, 0.3) is 11.5 Å². The number of aryl methyl sites for hydroxylation is 2. The van der Waals surface area contributed by atoms with Gasteiger partial charge in [-0.05, 0) is 36.6 Å². The lowest BCUT2D eigenvalue weighted by atomic mass is 10.0. The predicted molar refractivity (Wildman–Crippen MR) is 91.9 cm³/mol. The summed E-state index contributed by atoms with van der Waals surface area (Å²) in [6.07, 6.45) is 5.84. The molecule has 24 heavy (non-hydrogen) atoms. The second kappa shape index (κ2) is 6.31. The molecule has 3 aromatic rings. The van der Waals surface area contributed by atoms with E-state index in [-0.39, 0.29) is 6.10 Å². The quantitative estimate of drug-likeness (QED) is 0.800. The van der Waals surface area contributed by atoms with Gasteiger partial charge in [-0.3, -0.25) is 0 Å². The Bertz CT molecular complexity index is 827. The van der Waals surface area contributed by atoms with Crippen molar-refractivity contribution in [3.8, 4) is 17.3 Å². The third-order valence-corrected chi connectivity index (χ3v) is 4.23. The van der Waals surface area contributed by atoms with Crippen molar-refractivity contribution in [3.05, 3.63) is 54.4 Å². The Kier molecular flexibility index (Phi) is 3.86. The number of aromatic nitrogens is 4. The molecule has 0 spiro atoms. The van der Waals surface area contributed by atoms with Crippen LogP contribution in [0, 0.1) is 0 Å². The molecule has 122 valence electrons. The van der Waals surface area contributed by atoms with Crippen molar-refractivity contribution in [3.63, 3.8) is 0 Å². The van der Waals surface area contributed by atoms with E-state index in [1.807, 2.05) is 42.1 Å². The van der Waals surface area contributed by atoms with E-state index >= 15 is 0 Å². The third kappa shape index (κ3) is 2.95. The molecule has 0 saturated carbocycles. The van der Waals surface area contributed by atoms with Crippen LogP contribution in [-0.4, -0.2) is 32.4 Å². The lowest BCUT2D eigenvalue weighted by molar-refractivity contribution is 0.185. The monoisotopic (exact) mass is 321 g/mol. The first kappa shape index (κ1) is 14.7. The first-order chi connectivity index (χ1) is 11.8. The Morgan fingerprint density at radius 1 is 1.21 bits per heavy atom. The van der Waals surface area contributed by atoms with Crippen molar-refractivity contribution in [2.75, 3.05) is 11.9 Å². The van der Waals surface area contributed by atoms with Crippen LogP contribution in [0.4, 0.5) is 5.82 Å². The zero-order valence-corrected chi connectivity index (χ0v) is 13.5. The van der Waals surface area contributed by atoms with Gasteiger partial charge < -0.3 is 14.6 Å². The number of rotatable bonds is 4. The van der Waals surface area contributed by atoms with Gasteiger partial charge in [-0.2, -0.15) is 0 Å². The second-order valence-electron chi connectivity index (χ2n) is 5.93. The first-order valence-corrected chi connectivity index (χ1v) is 8.09. The summed E-state index contributed by atoms with van der Waals surface area (Å²) < 4.78 is 7.95. The van der Waals surface area contributed by atoms with E-state index in [0.29, 0.717) is 6.54 Å². The van der Waals surface area contributed by atoms with Gasteiger partial charge in [0.05, 0.1) is 6.54 Å². The zero-order valence-electron chi connectivity index (χ0n) is 13.5. The SMILES string of the molecule is Cn1ccnc1-c1ccc(NC[C@H]2CCc3ccccc3O2)nn1. The molecule has 1 aliphatic rings. The standard InChI is InChI=1S/C18H19N5O/c1-23-11-10-19-18(23)15-8-9-17(22-21-15)20-12-14-7-6-13-4-2-3-5-16(13)24-14/h2-5,8-11,14H,6-7,12H2,1H3,(H,20,22)/t14-/m1/s1. The van der Waals surface area contributed by atoms with Crippen molar-refractivity contribution >= 4 is 5.82 Å². The van der Waals surface area contributed by atoms with E-state index < -0.39 is 0 Å². The number of imidazole rings is 1. The molecule has 6 heteroatoms. The van der Waals surface area contributed by atoms with E-state index in [2.05, 4.69) is 32.6 Å². The molecule has 1 aliphatic heterocycles. The van der Waals surface area contributed by atoms with E-state index in [1.165, 1.54) is 5.56 Å². The van der Waals surface area contributed by atoms with Crippen molar-refractivity contribution in [2.45, 2.75) is 18.9 Å². The smallest absolute Gasteiger partial charge is 0.160 e. The summed E-state index contributed by atoms with van der Waals surface area (Å²) in [7, 11) is 1.94. The molecule has 1 aromatic carbocycles. The van der Waals surface area contributed by atoms with Gasteiger partial charge in [0.15, 0.2) is 5.82 Å². The lowest BCUT2D eigenvalue weighted by Crippen LogP contribution is -2.30. The van der Waals surface area contributed by atoms with Gasteiger partial charge in [-0.1, -0.05) is 18.2 Å². The number of hydrogen-bond acceptors (Lipinski definition) is 5. The molecule has 4 rings (SSSR count). The molecule has 0 unspecified atom stereocenters. The van der Waals surface area contributed by atoms with E-state index in [0.717, 1.165) is 35.9 Å². The average Bonchev–Trinajstić information content (AvgIpc) is 3.06. The summed E-state index contributed by atoms with van der Waals surface area (Å²) in [6.45, 7) is 0.713. The minimum absolute atomic E-state index is 0.149. The molecule has 6 nitrogen and oxygen atoms in total. The minimum atomic E-state index is 0.149. The Labute approximate surface area is 140 Å². The number of nitrogens with zero attached hydrogens (tertiary/aromatic N) is 4. The van der Waals surface area contributed by atoms with Crippen LogP contribution in [0.15, 0.2) is 48.8 Å². The molecule has 3 heterocycles. The maximum atomic E-state index is 6.03. The van der Waals surface area contributed by atoms with Crippen molar-refractivity contribution in [2.24, 2.45) is 7.05 Å². The molecule has 0 saturated heterocycles. The van der Waals surface area contributed by atoms with Gasteiger partial charge in [0.1, 0.15) is 23.4 Å². The molecule has 0 aliphatic carbocycles. The molecule has 0 amide bonds. The van der Waals surface area contributed by atoms with Crippen LogP contribution < -0.4 is 10.1 Å². The third-order valence-electron chi connectivity index (χ3n) is 4.23. The minimum Gasteiger partial charge on any atom is -0.488 e. The van der Waals surface area contributed by atoms with Gasteiger partial charge in [0.25, 0.3) is 0 Å². The Morgan fingerprint density at radius 2 is 2.12 bits per heavy atom. The summed E-state index contributed by atoms with van der Waals surface area (Å²) in [6, 6.07) is 12.1. The molecule has 0 radical (unpaired) electrons. The summed E-state index contributed by atoms with van der Waals surface area (Å²) in [5.74, 6) is 2.54. The van der Waals surface area contributed by atoms with Crippen LogP contribution in [-0.2, 0) is 13.5 Å². The number of ether oxygens (including phenoxy) is 1. The fourth-order valence-corrected chi connectivity index (χ4v) is 2.90. The van der Waals surface area contributed by atoms with E-state index in [9.17, 15) is 0 Å². The Hall–Kier alpha value is -2.89. The number of nitrogens with one attached hydrogen (secondary N) is 1. The van der Waals surface area contributed by atoms with Gasteiger partial charge in [0.2, 0.25) is 0 Å². The second-order valence-corrected chi connectivity index (χ2v) is 5.93. The van der Waals surface area contributed by atoms with Crippen molar-refractivity contribution in [1.82, 2.24) is 19.7 Å². The largest absolute Gasteiger partial charge is 0.488 e. The lowest BCUT2D eigenvalue weighted by Gasteiger charge is -2.26. The maximum Gasteiger partial charge on any atom is 0.160 e. The highest BCUT2D eigenvalue weighted by molar-refractivity contribution is 5.51. The average molecular weight is 321 g/mol. The molecular formula is C18H19N5O. The summed E-state index contributed by atoms with van der Waals surface area (Å²) in [5.41, 5.74) is 2.05.